The Morgan fingerprint density at radius 3 is 0.900 bits per heavy atom. The summed E-state index contributed by atoms with van der Waals surface area (Å²) < 4.78 is 23.4. The van der Waals surface area contributed by atoms with Crippen LogP contribution >= 0.6 is 0 Å². The highest BCUT2D eigenvalue weighted by Gasteiger charge is 1.96. The molecule has 80 heavy (non-hydrogen) atoms. The van der Waals surface area contributed by atoms with Gasteiger partial charge in [0.1, 0.15) is 21.4 Å². The summed E-state index contributed by atoms with van der Waals surface area (Å²) in [6.07, 6.45) is 4.24. The molecule has 3 aromatic rings. The molecule has 0 aromatic heterocycles. The first-order chi connectivity index (χ1) is 32.7. The Labute approximate surface area is 503 Å². The molecule has 0 heterocycles. The second-order valence-corrected chi connectivity index (χ2v) is 20.7. The van der Waals surface area contributed by atoms with E-state index in [2.05, 4.69) is 119 Å². The fraction of sp³-hybridized carbons (Fsp3) is 0.636. The predicted molar refractivity (Wildman–Crippen MR) is 372 cm³/mol. The minimum Gasteiger partial charge on any atom is -0.469 e. The standard InChI is InChI=1S/C9H13N.C9H10O.C7H8.C5H12.C4H9NO.C4H9N.C4H8O.C3H9N.C3H6O2.C3H6O.C3H8.C2H7N.C2H6O2S.8CH4/c1-3-10-9-6-4-8(2)5-7-9;1-7-3-5-9(6-4-7)8(2)10;1-7-5-3-2-4-6-7;1-5(2,3)4;1-4(6)5(2)3;1-4(2)5-3;1-3-4(2)5;1-4(2)3;1-3(4)5-2;1-3(2)4;2*1-3-2;1-5(2,3)4;;;;;;;;/h4-7,10H,3H2,1-2H3;3-6H,1-2H3;2-6H,1H3;1-4H3;1-3H3;1-3H3;3H2,1-2H3;1-3H3;1-2H3;1-2H3;3H2,1-2H3;3H,1-2H3;1-2H3;8*1H4. The van der Waals surface area contributed by atoms with Crippen molar-refractivity contribution in [3.05, 3.63) is 101 Å². The molecule has 0 aliphatic carbocycles. The highest BCUT2D eigenvalue weighted by molar-refractivity contribution is 7.89. The molecule has 0 aliphatic rings. The average Bonchev–Trinajstić information content (AvgIpc) is 3.22. The summed E-state index contributed by atoms with van der Waals surface area (Å²) in [5.74, 6) is 0.394. The molecule has 0 spiro atoms. The van der Waals surface area contributed by atoms with Gasteiger partial charge in [0.25, 0.3) is 0 Å². The summed E-state index contributed by atoms with van der Waals surface area (Å²) in [5, 5.41) is 5.98. The van der Waals surface area contributed by atoms with Crippen LogP contribution in [0.15, 0.2) is 83.9 Å². The quantitative estimate of drug-likeness (QED) is 0.145. The number of rotatable bonds is 4. The minimum absolute atomic E-state index is 0. The number of sulfone groups is 1. The van der Waals surface area contributed by atoms with Crippen molar-refractivity contribution in [1.82, 2.24) is 15.1 Å². The van der Waals surface area contributed by atoms with Crippen molar-refractivity contribution in [3.63, 3.8) is 0 Å². The van der Waals surface area contributed by atoms with E-state index in [0.717, 1.165) is 30.3 Å². The van der Waals surface area contributed by atoms with Gasteiger partial charge in [-0.3, -0.25) is 19.4 Å². The van der Waals surface area contributed by atoms with Crippen molar-refractivity contribution in [2.45, 2.75) is 204 Å². The van der Waals surface area contributed by atoms with Crippen LogP contribution in [0.25, 0.3) is 0 Å². The number of ether oxygens (including phenoxy) is 1. The average molecular weight is 1170 g/mol. The van der Waals surface area contributed by atoms with Gasteiger partial charge in [-0.25, -0.2) is 8.42 Å². The maximum atomic E-state index is 10.8. The normalized spacial score (nSPS) is 7.74. The molecule has 14 heteroatoms. The Hall–Kier alpha value is -5.05. The molecule has 0 radical (unpaired) electrons. The van der Waals surface area contributed by atoms with E-state index in [0.29, 0.717) is 11.8 Å². The number of hydrogen-bond acceptors (Lipinski definition) is 12. The Morgan fingerprint density at radius 1 is 0.575 bits per heavy atom. The number of nitrogens with one attached hydrogen (secondary N) is 2. The smallest absolute Gasteiger partial charge is 0.302 e. The first-order valence-corrected chi connectivity index (χ1v) is 26.3. The van der Waals surface area contributed by atoms with E-state index in [1.54, 1.807) is 35.0 Å². The van der Waals surface area contributed by atoms with Crippen LogP contribution in [-0.4, -0.2) is 136 Å². The van der Waals surface area contributed by atoms with Crippen molar-refractivity contribution in [2.24, 2.45) is 10.4 Å². The zero-order chi connectivity index (χ0) is 59.6. The van der Waals surface area contributed by atoms with Crippen molar-refractivity contribution >= 4 is 50.5 Å². The van der Waals surface area contributed by atoms with Gasteiger partial charge in [-0.2, -0.15) is 0 Å². The minimum atomic E-state index is -2.67. The van der Waals surface area contributed by atoms with Gasteiger partial charge in [-0.1, -0.05) is 198 Å². The first-order valence-electron chi connectivity index (χ1n) is 24.0. The molecule has 0 saturated carbocycles. The lowest BCUT2D eigenvalue weighted by atomic mass is 10.0. The van der Waals surface area contributed by atoms with Crippen LogP contribution in [0.3, 0.4) is 0 Å². The van der Waals surface area contributed by atoms with Crippen LogP contribution < -0.4 is 10.6 Å². The predicted octanol–water partition coefficient (Wildman–Crippen LogP) is 17.8. The zero-order valence-electron chi connectivity index (χ0n) is 51.6. The fourth-order valence-corrected chi connectivity index (χ4v) is 2.20. The number of nitrogens with zero attached hydrogens (tertiary/aromatic N) is 3. The van der Waals surface area contributed by atoms with Gasteiger partial charge in [0, 0.05) is 77.4 Å². The number of Topliss-reactive ketones (excluding diaryl/α,β-unsaturated/α-hetero) is 3. The van der Waals surface area contributed by atoms with Crippen LogP contribution in [0.2, 0.25) is 0 Å². The molecule has 0 aliphatic heterocycles. The molecular formula is C66H143N5O8S. The molecule has 0 fully saturated rings. The number of carbonyl (C=O) groups excluding carboxylic acids is 5. The van der Waals surface area contributed by atoms with Crippen molar-refractivity contribution in [3.8, 4) is 0 Å². The van der Waals surface area contributed by atoms with Crippen molar-refractivity contribution in [1.29, 1.82) is 0 Å². The van der Waals surface area contributed by atoms with E-state index >= 15 is 0 Å². The number of anilines is 1. The lowest BCUT2D eigenvalue weighted by Gasteiger charge is -2.05. The van der Waals surface area contributed by atoms with Gasteiger partial charge < -0.3 is 34.8 Å². The maximum Gasteiger partial charge on any atom is 0.302 e. The monoisotopic (exact) mass is 1170 g/mol. The Balaban J connectivity index is -0.0000000328. The summed E-state index contributed by atoms with van der Waals surface area (Å²) >= 11 is 0. The number of methoxy groups -OCH3 is 1. The van der Waals surface area contributed by atoms with E-state index in [4.69, 9.17) is 0 Å². The topological polar surface area (TPSA) is 172 Å². The van der Waals surface area contributed by atoms with Crippen molar-refractivity contribution in [2.75, 3.05) is 87.9 Å². The summed E-state index contributed by atoms with van der Waals surface area (Å²) in [6.45, 7) is 37.2. The van der Waals surface area contributed by atoms with Gasteiger partial charge >= 0.3 is 5.97 Å². The molecule has 0 unspecified atom stereocenters. The number of esters is 1. The molecule has 486 valence electrons. The summed E-state index contributed by atoms with van der Waals surface area (Å²) in [7, 11) is 13.7. The molecule has 13 nitrogen and oxygen atoms in total. The Bertz CT molecular complexity index is 1750. The molecule has 2 N–H and O–H groups in total. The molecule has 0 saturated heterocycles. The maximum absolute atomic E-state index is 10.8. The third kappa shape index (κ3) is 237. The third-order valence-corrected chi connectivity index (χ3v) is 5.69. The van der Waals surface area contributed by atoms with Gasteiger partial charge in [-0.15, -0.1) is 0 Å². The molecule has 0 atom stereocenters. The zero-order valence-corrected chi connectivity index (χ0v) is 52.5. The van der Waals surface area contributed by atoms with Crippen LogP contribution in [0, 0.1) is 26.2 Å². The first kappa shape index (κ1) is 126. The van der Waals surface area contributed by atoms with Crippen LogP contribution in [0.5, 0.6) is 0 Å². The highest BCUT2D eigenvalue weighted by atomic mass is 32.2. The summed E-state index contributed by atoms with van der Waals surface area (Å²) in [6, 6.07) is 26.2. The molecular weight excluding hydrogens is 1020 g/mol. The molecule has 3 rings (SSSR count). The second kappa shape index (κ2) is 90.5. The number of carbonyl (C=O) groups is 5. The van der Waals surface area contributed by atoms with Crippen molar-refractivity contribution < 1.29 is 37.1 Å². The number of benzene rings is 3. The van der Waals surface area contributed by atoms with Crippen LogP contribution in [0.4, 0.5) is 5.69 Å². The lowest BCUT2D eigenvalue weighted by molar-refractivity contribution is -0.138. The lowest BCUT2D eigenvalue weighted by Crippen LogP contribution is -2.17. The highest BCUT2D eigenvalue weighted by Crippen LogP contribution is 2.08. The SMILES string of the molecule is C.C.C.C.C.C.C.C.CC(=O)N(C)C.CC(=O)c1ccc(C)cc1.CC(C)(C)C.CC(C)=O.CCC.CCC(C)=O.CCNc1ccc(C)cc1.CN(C)C.CN=C(C)C.CNC.COC(C)=O.CS(C)(=O)=O.Cc1ccccc1. The van der Waals surface area contributed by atoms with E-state index in [1.807, 2.05) is 110 Å². The second-order valence-electron chi connectivity index (χ2n) is 18.4. The van der Waals surface area contributed by atoms with E-state index in [-0.39, 0.29) is 88.6 Å². The molecule has 1 amide bonds. The van der Waals surface area contributed by atoms with Gasteiger partial charge in [0.15, 0.2) is 5.78 Å². The molecule has 0 bridgehead atoms. The van der Waals surface area contributed by atoms with E-state index in [9.17, 15) is 32.4 Å². The van der Waals surface area contributed by atoms with Gasteiger partial charge in [-0.05, 0) is 122 Å². The van der Waals surface area contributed by atoms with Crippen LogP contribution in [0.1, 0.15) is 210 Å². The number of amides is 1. The fourth-order valence-electron chi connectivity index (χ4n) is 2.20. The van der Waals surface area contributed by atoms with Gasteiger partial charge in [0.2, 0.25) is 5.91 Å². The number of ketones is 3. The summed E-state index contributed by atoms with van der Waals surface area (Å²) in [4.78, 5) is 57.0. The number of aliphatic imine (C=N–C) groups is 1. The molecule has 3 aromatic carbocycles. The Kier molecular flexibility index (Phi) is 143. The third-order valence-electron chi connectivity index (χ3n) is 5.69. The summed E-state index contributed by atoms with van der Waals surface area (Å²) in [5.41, 5.74) is 7.43. The number of hydrogen-bond donors (Lipinski definition) is 2. The van der Waals surface area contributed by atoms with E-state index < -0.39 is 9.84 Å². The van der Waals surface area contributed by atoms with Gasteiger partial charge in [0.05, 0.1) is 7.11 Å². The Morgan fingerprint density at radius 2 is 0.775 bits per heavy atom. The number of aryl methyl sites for hydroxylation is 3. The van der Waals surface area contributed by atoms with E-state index in [1.165, 1.54) is 68.5 Å². The largest absolute Gasteiger partial charge is 0.469 e. The van der Waals surface area contributed by atoms with Crippen LogP contribution in [-0.2, 0) is 33.8 Å².